The average molecular weight is 395 g/mol. The zero-order chi connectivity index (χ0) is 21.0. The van der Waals surface area contributed by atoms with Gasteiger partial charge in [-0.15, -0.1) is 0 Å². The first-order valence-corrected chi connectivity index (χ1v) is 9.61. The Bertz CT molecular complexity index is 891. The van der Waals surface area contributed by atoms with E-state index < -0.39 is 5.91 Å². The van der Waals surface area contributed by atoms with Crippen molar-refractivity contribution in [1.82, 2.24) is 4.90 Å². The van der Waals surface area contributed by atoms with Crippen molar-refractivity contribution in [2.45, 2.75) is 32.8 Å². The lowest BCUT2D eigenvalue weighted by atomic mass is 10.1. The molecule has 2 aromatic rings. The lowest BCUT2D eigenvalue weighted by Gasteiger charge is -2.28. The van der Waals surface area contributed by atoms with Crippen molar-refractivity contribution in [2.75, 3.05) is 18.1 Å². The van der Waals surface area contributed by atoms with E-state index in [2.05, 4.69) is 0 Å². The largest absolute Gasteiger partial charge is 0.491 e. The lowest BCUT2D eigenvalue weighted by Crippen LogP contribution is -2.42. The number of hydrogen-bond acceptors (Lipinski definition) is 4. The molecule has 7 nitrogen and oxygen atoms in total. The number of likely N-dealkylation sites (tertiary alicyclic amines) is 1. The summed E-state index contributed by atoms with van der Waals surface area (Å²) in [5, 5.41) is 0. The molecule has 0 saturated carbocycles. The van der Waals surface area contributed by atoms with Gasteiger partial charge >= 0.3 is 0 Å². The van der Waals surface area contributed by atoms with Crippen molar-refractivity contribution < 1.29 is 19.1 Å². The summed E-state index contributed by atoms with van der Waals surface area (Å²) >= 11 is 0. The summed E-state index contributed by atoms with van der Waals surface area (Å²) < 4.78 is 5.63. The number of nitrogens with zero attached hydrogens (tertiary/aromatic N) is 2. The summed E-state index contributed by atoms with van der Waals surface area (Å²) in [6.07, 6.45) is 1.31. The smallest absolute Gasteiger partial charge is 0.259 e. The van der Waals surface area contributed by atoms with Crippen LogP contribution in [-0.2, 0) is 4.79 Å². The Hall–Kier alpha value is -3.35. The maximum Gasteiger partial charge on any atom is 0.259 e. The van der Waals surface area contributed by atoms with Crippen LogP contribution in [0.1, 0.15) is 47.4 Å². The van der Waals surface area contributed by atoms with Gasteiger partial charge in [0.15, 0.2) is 0 Å². The van der Waals surface area contributed by atoms with E-state index in [0.717, 1.165) is 6.42 Å². The quantitative estimate of drug-likeness (QED) is 0.780. The van der Waals surface area contributed by atoms with Crippen molar-refractivity contribution >= 4 is 23.4 Å². The van der Waals surface area contributed by atoms with Crippen LogP contribution in [0, 0.1) is 0 Å². The molecule has 152 valence electrons. The minimum atomic E-state index is -0.537. The molecule has 1 heterocycles. The summed E-state index contributed by atoms with van der Waals surface area (Å²) in [5.41, 5.74) is 6.72. The second-order valence-electron chi connectivity index (χ2n) is 7.24. The van der Waals surface area contributed by atoms with Gasteiger partial charge < -0.3 is 15.4 Å². The molecule has 1 aliphatic rings. The Morgan fingerprint density at radius 1 is 1.07 bits per heavy atom. The molecule has 3 rings (SSSR count). The molecule has 2 aromatic carbocycles. The number of primary amides is 1. The number of carbonyl (C=O) groups is 3. The normalized spacial score (nSPS) is 13.6. The highest BCUT2D eigenvalue weighted by Gasteiger charge is 2.26. The minimum absolute atomic E-state index is 0.0252. The van der Waals surface area contributed by atoms with Crippen LogP contribution in [-0.4, -0.2) is 41.9 Å². The fourth-order valence-corrected chi connectivity index (χ4v) is 3.20. The van der Waals surface area contributed by atoms with Crippen molar-refractivity contribution in [1.29, 1.82) is 0 Å². The molecule has 2 N–H and O–H groups in total. The van der Waals surface area contributed by atoms with Crippen molar-refractivity contribution in [3.05, 3.63) is 59.7 Å². The third kappa shape index (κ3) is 4.93. The summed E-state index contributed by atoms with van der Waals surface area (Å²) in [4.78, 5) is 39.9. The van der Waals surface area contributed by atoms with Gasteiger partial charge in [-0.2, -0.15) is 0 Å². The third-order valence-electron chi connectivity index (χ3n) is 4.67. The Kier molecular flexibility index (Phi) is 6.16. The second kappa shape index (κ2) is 8.77. The molecule has 3 amide bonds. The lowest BCUT2D eigenvalue weighted by molar-refractivity contribution is -0.127. The van der Waals surface area contributed by atoms with Crippen LogP contribution in [0.5, 0.6) is 5.75 Å². The SMILES string of the molecule is CC(C)Oc1ccc(C(=O)N(CN2CCCC2=O)c2ccc(C(N)=O)cc2)cc1. The monoisotopic (exact) mass is 395 g/mol. The van der Waals surface area contributed by atoms with E-state index in [4.69, 9.17) is 10.5 Å². The van der Waals surface area contributed by atoms with Crippen LogP contribution in [0.2, 0.25) is 0 Å². The molecule has 0 aromatic heterocycles. The van der Waals surface area contributed by atoms with Gasteiger partial charge in [0.1, 0.15) is 12.4 Å². The molecule has 0 atom stereocenters. The molecule has 1 saturated heterocycles. The van der Waals surface area contributed by atoms with E-state index in [1.54, 1.807) is 53.4 Å². The number of carbonyl (C=O) groups excluding carboxylic acids is 3. The molecule has 1 aliphatic heterocycles. The van der Waals surface area contributed by atoms with Gasteiger partial charge in [0.05, 0.1) is 6.10 Å². The van der Waals surface area contributed by atoms with Crippen LogP contribution in [0.4, 0.5) is 5.69 Å². The van der Waals surface area contributed by atoms with Gasteiger partial charge in [-0.3, -0.25) is 19.3 Å². The Morgan fingerprint density at radius 3 is 2.21 bits per heavy atom. The fraction of sp³-hybridized carbons (Fsp3) is 0.318. The zero-order valence-electron chi connectivity index (χ0n) is 16.6. The van der Waals surface area contributed by atoms with Gasteiger partial charge in [0.25, 0.3) is 5.91 Å². The number of nitrogens with two attached hydrogens (primary N) is 1. The van der Waals surface area contributed by atoms with Crippen molar-refractivity contribution in [3.8, 4) is 5.75 Å². The van der Waals surface area contributed by atoms with Gasteiger partial charge in [-0.25, -0.2) is 0 Å². The van der Waals surface area contributed by atoms with E-state index in [-0.39, 0.29) is 24.6 Å². The van der Waals surface area contributed by atoms with Crippen LogP contribution in [0.15, 0.2) is 48.5 Å². The van der Waals surface area contributed by atoms with E-state index in [9.17, 15) is 14.4 Å². The average Bonchev–Trinajstić information content (AvgIpc) is 3.10. The number of rotatable bonds is 7. The Balaban J connectivity index is 1.87. The summed E-state index contributed by atoms with van der Waals surface area (Å²) in [5.74, 6) is -0.0709. The van der Waals surface area contributed by atoms with Crippen molar-refractivity contribution in [3.63, 3.8) is 0 Å². The molecule has 0 spiro atoms. The number of hydrogen-bond donors (Lipinski definition) is 1. The maximum atomic E-state index is 13.2. The first-order valence-electron chi connectivity index (χ1n) is 9.61. The highest BCUT2D eigenvalue weighted by molar-refractivity contribution is 6.06. The molecule has 0 bridgehead atoms. The van der Waals surface area contributed by atoms with Crippen LogP contribution in [0.25, 0.3) is 0 Å². The highest BCUT2D eigenvalue weighted by atomic mass is 16.5. The predicted molar refractivity (Wildman–Crippen MR) is 110 cm³/mol. The summed E-state index contributed by atoms with van der Waals surface area (Å²) in [7, 11) is 0. The first-order chi connectivity index (χ1) is 13.8. The zero-order valence-corrected chi connectivity index (χ0v) is 16.6. The molecular weight excluding hydrogens is 370 g/mol. The number of benzene rings is 2. The van der Waals surface area contributed by atoms with Gasteiger partial charge in [-0.05, 0) is 68.8 Å². The Labute approximate surface area is 170 Å². The van der Waals surface area contributed by atoms with E-state index in [1.807, 2.05) is 13.8 Å². The standard InChI is InChI=1S/C22H25N3O4/c1-15(2)29-19-11-7-17(8-12-19)22(28)25(14-24-13-3-4-20(24)26)18-9-5-16(6-10-18)21(23)27/h5-12,15H,3-4,13-14H2,1-2H3,(H2,23,27). The van der Waals surface area contributed by atoms with Crippen LogP contribution in [0.3, 0.4) is 0 Å². The van der Waals surface area contributed by atoms with Gasteiger partial charge in [0.2, 0.25) is 11.8 Å². The summed E-state index contributed by atoms with van der Waals surface area (Å²) in [6.45, 7) is 4.63. The fourth-order valence-electron chi connectivity index (χ4n) is 3.20. The highest BCUT2D eigenvalue weighted by Crippen LogP contribution is 2.22. The maximum absolute atomic E-state index is 13.2. The minimum Gasteiger partial charge on any atom is -0.491 e. The first kappa shape index (κ1) is 20.4. The van der Waals surface area contributed by atoms with E-state index >= 15 is 0 Å². The van der Waals surface area contributed by atoms with Crippen LogP contribution < -0.4 is 15.4 Å². The van der Waals surface area contributed by atoms with E-state index in [1.165, 1.54) is 4.90 Å². The number of ether oxygens (including phenoxy) is 1. The summed E-state index contributed by atoms with van der Waals surface area (Å²) in [6, 6.07) is 13.4. The molecule has 0 aliphatic carbocycles. The molecule has 29 heavy (non-hydrogen) atoms. The Morgan fingerprint density at radius 2 is 1.69 bits per heavy atom. The number of amides is 3. The molecule has 0 radical (unpaired) electrons. The molecular formula is C22H25N3O4. The van der Waals surface area contributed by atoms with Gasteiger partial charge in [-0.1, -0.05) is 0 Å². The van der Waals surface area contributed by atoms with Crippen molar-refractivity contribution in [2.24, 2.45) is 5.73 Å². The molecule has 0 unspecified atom stereocenters. The molecule has 7 heteroatoms. The number of anilines is 1. The van der Waals surface area contributed by atoms with Gasteiger partial charge in [0, 0.05) is 29.8 Å². The third-order valence-corrected chi connectivity index (χ3v) is 4.67. The molecule has 1 fully saturated rings. The van der Waals surface area contributed by atoms with Crippen LogP contribution >= 0.6 is 0 Å². The second-order valence-corrected chi connectivity index (χ2v) is 7.24. The predicted octanol–water partition coefficient (Wildman–Crippen LogP) is 2.80. The van der Waals surface area contributed by atoms with E-state index in [0.29, 0.717) is 35.5 Å². The topological polar surface area (TPSA) is 92.9 Å².